The maximum atomic E-state index is 12.7. The number of aryl methyl sites for hydroxylation is 1. The van der Waals surface area contributed by atoms with Crippen LogP contribution in [0.5, 0.6) is 11.5 Å². The summed E-state index contributed by atoms with van der Waals surface area (Å²) in [5.41, 5.74) is 4.16. The molecule has 9 heteroatoms. The van der Waals surface area contributed by atoms with Crippen LogP contribution in [-0.4, -0.2) is 92.8 Å². The molecular formula is C17H21N3Na2O3S. The summed E-state index contributed by atoms with van der Waals surface area (Å²) in [6.07, 6.45) is 1.74. The molecule has 0 radical (unpaired) electrons. The Kier molecular flexibility index (Phi) is 9.46. The summed E-state index contributed by atoms with van der Waals surface area (Å²) >= 11 is -1.33. The van der Waals surface area contributed by atoms with Crippen molar-refractivity contribution in [3.63, 3.8) is 0 Å². The minimum atomic E-state index is -1.33. The first-order valence-corrected chi connectivity index (χ1v) is 8.76. The fourth-order valence-corrected chi connectivity index (χ4v) is 3.71. The molecule has 1 N–H and O–H groups in total. The first-order chi connectivity index (χ1) is 11.5. The summed E-state index contributed by atoms with van der Waals surface area (Å²) in [7, 11) is 3.23. The van der Waals surface area contributed by atoms with E-state index in [9.17, 15) is 4.55 Å². The number of H-pyrrole nitrogens is 1. The van der Waals surface area contributed by atoms with Crippen molar-refractivity contribution in [1.82, 2.24) is 15.0 Å². The summed E-state index contributed by atoms with van der Waals surface area (Å²) in [4.78, 5) is 11.9. The van der Waals surface area contributed by atoms with Gasteiger partial charge in [0.2, 0.25) is 0 Å². The Morgan fingerprint density at radius 1 is 1.15 bits per heavy atom. The third-order valence-corrected chi connectivity index (χ3v) is 5.06. The van der Waals surface area contributed by atoms with Crippen LogP contribution in [0.15, 0.2) is 29.6 Å². The number of hydrogen-bond donors (Lipinski definition) is 1. The van der Waals surface area contributed by atoms with E-state index in [0.717, 1.165) is 33.6 Å². The van der Waals surface area contributed by atoms with Crippen LogP contribution in [-0.2, 0) is 16.9 Å². The van der Waals surface area contributed by atoms with Crippen LogP contribution in [0.4, 0.5) is 0 Å². The average molecular weight is 393 g/mol. The second-order valence-electron chi connectivity index (χ2n) is 5.46. The van der Waals surface area contributed by atoms with Crippen molar-refractivity contribution in [2.45, 2.75) is 24.8 Å². The summed E-state index contributed by atoms with van der Waals surface area (Å²) in [5, 5.41) is 0.430. The van der Waals surface area contributed by atoms with Gasteiger partial charge in [-0.25, -0.2) is 0 Å². The molecular weight excluding hydrogens is 372 g/mol. The van der Waals surface area contributed by atoms with Gasteiger partial charge in [-0.3, -0.25) is 9.97 Å². The van der Waals surface area contributed by atoms with Crippen LogP contribution in [0.1, 0.15) is 16.8 Å². The van der Waals surface area contributed by atoms with Crippen LogP contribution in [0.3, 0.4) is 0 Å². The van der Waals surface area contributed by atoms with E-state index < -0.39 is 11.2 Å². The number of nitrogens with zero attached hydrogens (tertiary/aromatic N) is 2. The number of methoxy groups -OCH3 is 2. The molecule has 1 aromatic carbocycles. The quantitative estimate of drug-likeness (QED) is 0.526. The van der Waals surface area contributed by atoms with Gasteiger partial charge in [0.25, 0.3) is 0 Å². The molecule has 0 amide bonds. The van der Waals surface area contributed by atoms with E-state index in [0.29, 0.717) is 10.9 Å². The van der Waals surface area contributed by atoms with Gasteiger partial charge in [0, 0.05) is 34.6 Å². The number of pyridine rings is 1. The Morgan fingerprint density at radius 2 is 1.88 bits per heavy atom. The number of nitrogens with one attached hydrogen (secondary N) is 1. The summed E-state index contributed by atoms with van der Waals surface area (Å²) in [6.45, 7) is 3.86. The van der Waals surface area contributed by atoms with Gasteiger partial charge in [0.1, 0.15) is 11.5 Å². The Hall–Kier alpha value is -0.250. The Labute approximate surface area is 200 Å². The van der Waals surface area contributed by atoms with E-state index >= 15 is 0 Å². The zero-order valence-corrected chi connectivity index (χ0v) is 14.9. The van der Waals surface area contributed by atoms with Gasteiger partial charge in [-0.1, -0.05) is 0 Å². The van der Waals surface area contributed by atoms with Crippen molar-refractivity contribution < 1.29 is 14.0 Å². The molecule has 0 saturated heterocycles. The number of fused-ring (bicyclic) bond motifs is 1. The van der Waals surface area contributed by atoms with Gasteiger partial charge in [0.05, 0.1) is 30.9 Å². The van der Waals surface area contributed by atoms with Crippen molar-refractivity contribution in [2.24, 2.45) is 0 Å². The van der Waals surface area contributed by atoms with Crippen LogP contribution in [0, 0.1) is 13.8 Å². The number of aromatic nitrogens is 3. The van der Waals surface area contributed by atoms with Gasteiger partial charge >= 0.3 is 64.3 Å². The number of benzene rings is 1. The summed E-state index contributed by atoms with van der Waals surface area (Å²) in [6, 6.07) is 5.51. The molecule has 2 heterocycles. The van der Waals surface area contributed by atoms with Gasteiger partial charge in [-0.2, -0.15) is 4.98 Å². The van der Waals surface area contributed by atoms with Gasteiger partial charge < -0.3 is 14.0 Å². The van der Waals surface area contributed by atoms with E-state index in [2.05, 4.69) is 15.0 Å². The molecule has 3 aromatic rings. The second kappa shape index (κ2) is 10.3. The van der Waals surface area contributed by atoms with Crippen LogP contribution in [0.25, 0.3) is 11.0 Å². The molecule has 0 fully saturated rings. The first-order valence-electron chi connectivity index (χ1n) is 7.44. The van der Waals surface area contributed by atoms with E-state index in [1.165, 1.54) is 0 Å². The molecule has 26 heavy (non-hydrogen) atoms. The van der Waals surface area contributed by atoms with Crippen LogP contribution < -0.4 is 9.47 Å². The monoisotopic (exact) mass is 393 g/mol. The standard InChI is InChI=1S/C17H19N3O3S.2Na.2H/c1-10-8-18-15(11(2)16(10)23-4)9-24(21)17-19-13-6-5-12(22-3)7-14(13)20-17;;;;/h5-8H,9H2,1-4H3,(H,19,20);;;;/t24-;;;;/m0..../s1. The van der Waals surface area contributed by atoms with Gasteiger partial charge in [-0.15, -0.1) is 0 Å². The molecule has 0 unspecified atom stereocenters. The van der Waals surface area contributed by atoms with Crippen molar-refractivity contribution in [3.8, 4) is 11.5 Å². The number of aromatic amines is 1. The van der Waals surface area contributed by atoms with E-state index in [1.807, 2.05) is 32.0 Å². The zero-order chi connectivity index (χ0) is 17.3. The van der Waals surface area contributed by atoms with E-state index in [4.69, 9.17) is 9.47 Å². The molecule has 1 atom stereocenters. The predicted octanol–water partition coefficient (Wildman–Crippen LogP) is 1.60. The third-order valence-electron chi connectivity index (χ3n) is 3.90. The molecule has 130 valence electrons. The molecule has 0 spiro atoms. The SMILES string of the molecule is COc1ccc2[nH]c([S@@+]([O-])Cc3ncc(C)c(OC)c3C)nc2c1.[NaH].[NaH]. The predicted molar refractivity (Wildman–Crippen MR) is 107 cm³/mol. The number of rotatable bonds is 5. The summed E-state index contributed by atoms with van der Waals surface area (Å²) < 4.78 is 23.3. The Balaban J connectivity index is 0.00000169. The van der Waals surface area contributed by atoms with Gasteiger partial charge in [0.15, 0.2) is 5.75 Å². The zero-order valence-electron chi connectivity index (χ0n) is 14.0. The Morgan fingerprint density at radius 3 is 2.54 bits per heavy atom. The second-order valence-corrected chi connectivity index (χ2v) is 6.83. The van der Waals surface area contributed by atoms with Gasteiger partial charge in [-0.05, 0) is 26.0 Å². The maximum absolute atomic E-state index is 12.7. The Bertz CT molecular complexity index is 889. The van der Waals surface area contributed by atoms with Crippen LogP contribution >= 0.6 is 0 Å². The van der Waals surface area contributed by atoms with E-state index in [1.54, 1.807) is 20.4 Å². The topological polar surface area (TPSA) is 83.1 Å². The number of ether oxygens (including phenoxy) is 2. The minimum absolute atomic E-state index is 0. The summed E-state index contributed by atoms with van der Waals surface area (Å²) in [5.74, 6) is 1.78. The molecule has 0 aliphatic rings. The average Bonchev–Trinajstić information content (AvgIpc) is 3.01. The molecule has 0 bridgehead atoms. The van der Waals surface area contributed by atoms with Crippen molar-refractivity contribution in [1.29, 1.82) is 0 Å². The van der Waals surface area contributed by atoms with Crippen molar-refractivity contribution >= 4 is 81.3 Å². The van der Waals surface area contributed by atoms with Crippen molar-refractivity contribution in [2.75, 3.05) is 14.2 Å². The molecule has 6 nitrogen and oxygen atoms in total. The molecule has 0 saturated carbocycles. The fourth-order valence-electron chi connectivity index (χ4n) is 2.61. The fraction of sp³-hybridized carbons (Fsp3) is 0.294. The first kappa shape index (κ1) is 23.8. The van der Waals surface area contributed by atoms with Crippen LogP contribution in [0.2, 0.25) is 0 Å². The number of imidazole rings is 1. The normalized spacial score (nSPS) is 11.4. The molecule has 0 aliphatic carbocycles. The molecule has 0 aliphatic heterocycles. The number of hydrogen-bond acceptors (Lipinski definition) is 5. The molecule has 3 rings (SSSR count). The van der Waals surface area contributed by atoms with Crippen molar-refractivity contribution in [3.05, 3.63) is 41.2 Å². The molecule has 2 aromatic heterocycles. The van der Waals surface area contributed by atoms with E-state index in [-0.39, 0.29) is 64.9 Å². The third kappa shape index (κ3) is 4.97.